The first-order chi connectivity index (χ1) is 16.5. The standard InChI is InChI=1S/C25H37N5O5/c1-15-12-30(16(2)14-31)23(32)11-19-10-20(28(5)6)8-9-21(19)34-22(15)13-29(7)25(33)26-24-17(3)27-35-18(24)4/h8-10,15-16,22,31H,11-14H2,1-7H3,(H,26,33)/t15-,16+,22+/m0/s1. The molecule has 3 rings (SSSR count). The van der Waals surface area contributed by atoms with Crippen LogP contribution in [0.2, 0.25) is 0 Å². The molecule has 3 atom stereocenters. The van der Waals surface area contributed by atoms with E-state index in [0.29, 0.717) is 36.0 Å². The number of carbonyl (C=O) groups excluding carboxylic acids is 2. The van der Waals surface area contributed by atoms with Crippen LogP contribution in [0, 0.1) is 19.8 Å². The molecule has 1 aromatic carbocycles. The lowest BCUT2D eigenvalue weighted by atomic mass is 10.0. The second-order valence-electron chi connectivity index (χ2n) is 9.58. The number of anilines is 2. The molecule has 2 heterocycles. The minimum atomic E-state index is -0.390. The topological polar surface area (TPSA) is 111 Å². The smallest absolute Gasteiger partial charge is 0.321 e. The number of aliphatic hydroxyl groups is 1. The summed E-state index contributed by atoms with van der Waals surface area (Å²) in [6.07, 6.45) is -0.220. The number of urea groups is 1. The van der Waals surface area contributed by atoms with Gasteiger partial charge in [-0.15, -0.1) is 0 Å². The maximum atomic E-state index is 13.2. The van der Waals surface area contributed by atoms with Crippen LogP contribution in [-0.4, -0.2) is 85.0 Å². The van der Waals surface area contributed by atoms with Crippen molar-refractivity contribution in [2.24, 2.45) is 5.92 Å². The third-order valence-electron chi connectivity index (χ3n) is 6.48. The zero-order valence-electron chi connectivity index (χ0n) is 21.7. The fourth-order valence-electron chi connectivity index (χ4n) is 4.13. The molecular weight excluding hydrogens is 450 g/mol. The number of aryl methyl sites for hydroxylation is 2. The molecule has 0 radical (unpaired) electrons. The Bertz CT molecular complexity index is 1030. The fourth-order valence-corrected chi connectivity index (χ4v) is 4.13. The normalized spacial score (nSPS) is 19.1. The Morgan fingerprint density at radius 1 is 1.31 bits per heavy atom. The van der Waals surface area contributed by atoms with Crippen molar-refractivity contribution in [3.8, 4) is 5.75 Å². The van der Waals surface area contributed by atoms with Gasteiger partial charge in [0.1, 0.15) is 23.2 Å². The van der Waals surface area contributed by atoms with Crippen LogP contribution in [0.5, 0.6) is 5.75 Å². The van der Waals surface area contributed by atoms with Gasteiger partial charge in [0.25, 0.3) is 0 Å². The summed E-state index contributed by atoms with van der Waals surface area (Å²) in [5.74, 6) is 0.985. The van der Waals surface area contributed by atoms with Gasteiger partial charge in [-0.2, -0.15) is 0 Å². The van der Waals surface area contributed by atoms with Crippen molar-refractivity contribution in [2.75, 3.05) is 51.1 Å². The molecule has 0 saturated carbocycles. The number of carbonyl (C=O) groups is 2. The molecule has 10 heteroatoms. The lowest BCUT2D eigenvalue weighted by molar-refractivity contribution is -0.134. The average Bonchev–Trinajstić information content (AvgIpc) is 3.15. The molecule has 0 spiro atoms. The van der Waals surface area contributed by atoms with Crippen molar-refractivity contribution in [1.82, 2.24) is 15.0 Å². The van der Waals surface area contributed by atoms with Crippen LogP contribution in [0.3, 0.4) is 0 Å². The van der Waals surface area contributed by atoms with Gasteiger partial charge in [-0.3, -0.25) is 4.79 Å². The van der Waals surface area contributed by atoms with Crippen molar-refractivity contribution in [2.45, 2.75) is 46.3 Å². The average molecular weight is 488 g/mol. The summed E-state index contributed by atoms with van der Waals surface area (Å²) in [7, 11) is 5.58. The summed E-state index contributed by atoms with van der Waals surface area (Å²) in [6, 6.07) is 5.15. The molecule has 0 fully saturated rings. The zero-order chi connectivity index (χ0) is 25.9. The first-order valence-electron chi connectivity index (χ1n) is 11.8. The number of nitrogens with one attached hydrogen (secondary N) is 1. The Hall–Kier alpha value is -3.27. The second kappa shape index (κ2) is 11.0. The Kier molecular flexibility index (Phi) is 8.26. The van der Waals surface area contributed by atoms with E-state index in [1.165, 1.54) is 0 Å². The summed E-state index contributed by atoms with van der Waals surface area (Å²) in [6.45, 7) is 7.90. The van der Waals surface area contributed by atoms with Crippen LogP contribution in [0.1, 0.15) is 30.9 Å². The van der Waals surface area contributed by atoms with E-state index in [9.17, 15) is 14.7 Å². The first kappa shape index (κ1) is 26.3. The van der Waals surface area contributed by atoms with Gasteiger partial charge in [-0.05, 0) is 39.0 Å². The van der Waals surface area contributed by atoms with Crippen LogP contribution in [0.25, 0.3) is 0 Å². The number of aliphatic hydroxyl groups excluding tert-OH is 1. The van der Waals surface area contributed by atoms with Gasteiger partial charge in [-0.25, -0.2) is 4.79 Å². The lowest BCUT2D eigenvalue weighted by Crippen LogP contribution is -2.48. The van der Waals surface area contributed by atoms with E-state index in [2.05, 4.69) is 10.5 Å². The highest BCUT2D eigenvalue weighted by molar-refractivity contribution is 5.90. The summed E-state index contributed by atoms with van der Waals surface area (Å²) in [5, 5.41) is 16.5. The molecule has 0 bridgehead atoms. The molecule has 35 heavy (non-hydrogen) atoms. The third-order valence-corrected chi connectivity index (χ3v) is 6.48. The van der Waals surface area contributed by atoms with Crippen molar-refractivity contribution < 1.29 is 24.0 Å². The van der Waals surface area contributed by atoms with E-state index >= 15 is 0 Å². The highest BCUT2D eigenvalue weighted by Gasteiger charge is 2.32. The van der Waals surface area contributed by atoms with E-state index in [-0.39, 0.29) is 36.9 Å². The molecule has 0 aliphatic carbocycles. The monoisotopic (exact) mass is 487 g/mol. The summed E-state index contributed by atoms with van der Waals surface area (Å²) >= 11 is 0. The maximum Gasteiger partial charge on any atom is 0.321 e. The Morgan fingerprint density at radius 2 is 2.03 bits per heavy atom. The van der Waals surface area contributed by atoms with Gasteiger partial charge in [0.2, 0.25) is 5.91 Å². The zero-order valence-corrected chi connectivity index (χ0v) is 21.7. The van der Waals surface area contributed by atoms with Gasteiger partial charge in [-0.1, -0.05) is 12.1 Å². The number of ether oxygens (including phenoxy) is 1. The van der Waals surface area contributed by atoms with Crippen molar-refractivity contribution >= 4 is 23.3 Å². The lowest BCUT2D eigenvalue weighted by Gasteiger charge is -2.34. The predicted molar refractivity (Wildman–Crippen MR) is 134 cm³/mol. The molecule has 3 amide bonds. The predicted octanol–water partition coefficient (Wildman–Crippen LogP) is 2.67. The van der Waals surface area contributed by atoms with Gasteiger partial charge in [0.15, 0.2) is 5.76 Å². The van der Waals surface area contributed by atoms with Crippen LogP contribution in [-0.2, 0) is 11.2 Å². The number of amides is 3. The van der Waals surface area contributed by atoms with Crippen LogP contribution >= 0.6 is 0 Å². The number of hydrogen-bond donors (Lipinski definition) is 2. The highest BCUT2D eigenvalue weighted by atomic mass is 16.5. The minimum Gasteiger partial charge on any atom is -0.488 e. The Balaban J connectivity index is 1.89. The molecule has 2 aromatic rings. The highest BCUT2D eigenvalue weighted by Crippen LogP contribution is 2.30. The number of nitrogens with zero attached hydrogens (tertiary/aromatic N) is 4. The molecule has 10 nitrogen and oxygen atoms in total. The van der Waals surface area contributed by atoms with E-state index in [0.717, 1.165) is 11.3 Å². The fraction of sp³-hybridized carbons (Fsp3) is 0.560. The number of hydrogen-bond acceptors (Lipinski definition) is 7. The number of fused-ring (bicyclic) bond motifs is 1. The second-order valence-corrected chi connectivity index (χ2v) is 9.58. The summed E-state index contributed by atoms with van der Waals surface area (Å²) in [5.41, 5.74) is 2.90. The van der Waals surface area contributed by atoms with E-state index in [1.54, 1.807) is 30.7 Å². The molecule has 1 aromatic heterocycles. The van der Waals surface area contributed by atoms with Crippen molar-refractivity contribution in [3.05, 3.63) is 35.2 Å². The van der Waals surface area contributed by atoms with Gasteiger partial charge >= 0.3 is 6.03 Å². The molecule has 0 saturated heterocycles. The Morgan fingerprint density at radius 3 is 2.63 bits per heavy atom. The van der Waals surface area contributed by atoms with Crippen LogP contribution in [0.4, 0.5) is 16.2 Å². The number of benzene rings is 1. The number of rotatable bonds is 6. The molecule has 0 unspecified atom stereocenters. The SMILES string of the molecule is Cc1noc(C)c1NC(=O)N(C)C[C@H]1Oc2ccc(N(C)C)cc2CC(=O)N([C@H](C)CO)C[C@@H]1C. The summed E-state index contributed by atoms with van der Waals surface area (Å²) < 4.78 is 11.6. The van der Waals surface area contributed by atoms with E-state index in [4.69, 9.17) is 9.26 Å². The van der Waals surface area contributed by atoms with E-state index < -0.39 is 6.10 Å². The molecule has 1 aliphatic heterocycles. The molecular formula is C25H37N5O5. The van der Waals surface area contributed by atoms with Crippen molar-refractivity contribution in [1.29, 1.82) is 0 Å². The van der Waals surface area contributed by atoms with Crippen molar-refractivity contribution in [3.63, 3.8) is 0 Å². The third kappa shape index (κ3) is 6.05. The van der Waals surface area contributed by atoms with Gasteiger partial charge in [0.05, 0.1) is 25.6 Å². The largest absolute Gasteiger partial charge is 0.488 e. The van der Waals surface area contributed by atoms with Gasteiger partial charge < -0.3 is 34.4 Å². The molecule has 192 valence electrons. The number of aromatic nitrogens is 1. The number of likely N-dealkylation sites (N-methyl/N-ethyl adjacent to an activating group) is 1. The minimum absolute atomic E-state index is 0.0655. The molecule has 2 N–H and O–H groups in total. The first-order valence-corrected chi connectivity index (χ1v) is 11.8. The van der Waals surface area contributed by atoms with E-state index in [1.807, 2.05) is 51.0 Å². The van der Waals surface area contributed by atoms with Crippen LogP contribution < -0.4 is 15.0 Å². The van der Waals surface area contributed by atoms with Gasteiger partial charge in [0, 0.05) is 44.9 Å². The summed E-state index contributed by atoms with van der Waals surface area (Å²) in [4.78, 5) is 31.4. The quantitative estimate of drug-likeness (QED) is 0.644. The maximum absolute atomic E-state index is 13.2. The Labute approximate surface area is 206 Å². The molecule has 1 aliphatic rings. The van der Waals surface area contributed by atoms with Crippen LogP contribution in [0.15, 0.2) is 22.7 Å².